The molecule has 1 amide bonds. The van der Waals surface area contributed by atoms with E-state index < -0.39 is 0 Å². The molecule has 0 saturated heterocycles. The average Bonchev–Trinajstić information content (AvgIpc) is 3.19. The van der Waals surface area contributed by atoms with Crippen molar-refractivity contribution >= 4 is 16.9 Å². The molecule has 0 aliphatic heterocycles. The number of likely N-dealkylation sites (N-methyl/N-ethyl adjacent to an activating group) is 1. The quantitative estimate of drug-likeness (QED) is 0.774. The van der Waals surface area contributed by atoms with Crippen molar-refractivity contribution in [2.45, 2.75) is 46.2 Å². The molecule has 0 aliphatic carbocycles. The molecular weight excluding hydrogens is 314 g/mol. The number of hydrogen-bond donors (Lipinski definition) is 1. The minimum atomic E-state index is -0.295. The summed E-state index contributed by atoms with van der Waals surface area (Å²) in [6.45, 7) is 8.57. The SMILES string of the molecule is Cc1ccc2nc(CN(C)C(=O)[C@@H](C)n3ccnc3C(C)C)[nH]c2c1. The lowest BCUT2D eigenvalue weighted by Gasteiger charge is -2.23. The first-order valence-electron chi connectivity index (χ1n) is 8.59. The minimum absolute atomic E-state index is 0.0385. The van der Waals surface area contributed by atoms with Crippen molar-refractivity contribution in [1.29, 1.82) is 0 Å². The fraction of sp³-hybridized carbons (Fsp3) is 0.421. The number of aromatic nitrogens is 4. The molecular formula is C19H25N5O. The fourth-order valence-corrected chi connectivity index (χ4v) is 3.09. The summed E-state index contributed by atoms with van der Waals surface area (Å²) in [6.07, 6.45) is 3.62. The molecule has 1 N–H and O–H groups in total. The number of aromatic amines is 1. The topological polar surface area (TPSA) is 66.8 Å². The van der Waals surface area contributed by atoms with Gasteiger partial charge in [0.25, 0.3) is 0 Å². The molecule has 0 fully saturated rings. The zero-order valence-electron chi connectivity index (χ0n) is 15.4. The van der Waals surface area contributed by atoms with Crippen LogP contribution in [0.4, 0.5) is 0 Å². The lowest BCUT2D eigenvalue weighted by atomic mass is 10.2. The third-order valence-corrected chi connectivity index (χ3v) is 4.44. The average molecular weight is 339 g/mol. The van der Waals surface area contributed by atoms with Crippen LogP contribution in [0.5, 0.6) is 0 Å². The van der Waals surface area contributed by atoms with Gasteiger partial charge in [-0.2, -0.15) is 0 Å². The van der Waals surface area contributed by atoms with Crippen LogP contribution in [-0.2, 0) is 11.3 Å². The van der Waals surface area contributed by atoms with E-state index in [1.165, 1.54) is 5.56 Å². The third kappa shape index (κ3) is 3.43. The van der Waals surface area contributed by atoms with Crippen molar-refractivity contribution in [2.75, 3.05) is 7.05 Å². The predicted molar refractivity (Wildman–Crippen MR) is 98.3 cm³/mol. The highest BCUT2D eigenvalue weighted by Gasteiger charge is 2.23. The van der Waals surface area contributed by atoms with E-state index in [0.717, 1.165) is 22.7 Å². The molecule has 0 radical (unpaired) electrons. The van der Waals surface area contributed by atoms with Crippen LogP contribution in [0.25, 0.3) is 11.0 Å². The molecule has 2 aromatic heterocycles. The number of amides is 1. The second-order valence-electron chi connectivity index (χ2n) is 6.92. The van der Waals surface area contributed by atoms with Crippen LogP contribution in [0.2, 0.25) is 0 Å². The molecule has 6 nitrogen and oxygen atoms in total. The Balaban J connectivity index is 1.76. The second kappa shape index (κ2) is 6.70. The number of fused-ring (bicyclic) bond motifs is 1. The van der Waals surface area contributed by atoms with Gasteiger partial charge in [-0.3, -0.25) is 4.79 Å². The maximum atomic E-state index is 12.8. The van der Waals surface area contributed by atoms with Crippen molar-refractivity contribution in [3.63, 3.8) is 0 Å². The van der Waals surface area contributed by atoms with Gasteiger partial charge in [0.2, 0.25) is 5.91 Å². The van der Waals surface area contributed by atoms with Crippen molar-refractivity contribution in [2.24, 2.45) is 0 Å². The molecule has 0 unspecified atom stereocenters. The van der Waals surface area contributed by atoms with Crippen molar-refractivity contribution in [3.05, 3.63) is 47.8 Å². The summed E-state index contributed by atoms with van der Waals surface area (Å²) in [7, 11) is 1.81. The summed E-state index contributed by atoms with van der Waals surface area (Å²) in [5.41, 5.74) is 3.11. The Labute approximate surface area is 147 Å². The van der Waals surface area contributed by atoms with E-state index in [4.69, 9.17) is 0 Å². The first kappa shape index (κ1) is 17.2. The number of nitrogens with zero attached hydrogens (tertiary/aromatic N) is 4. The van der Waals surface area contributed by atoms with Gasteiger partial charge in [0.15, 0.2) is 0 Å². The Bertz CT molecular complexity index is 892. The highest BCUT2D eigenvalue weighted by Crippen LogP contribution is 2.20. The van der Waals surface area contributed by atoms with Crippen LogP contribution in [0.15, 0.2) is 30.6 Å². The monoisotopic (exact) mass is 339 g/mol. The molecule has 3 aromatic rings. The number of imidazole rings is 2. The van der Waals surface area contributed by atoms with E-state index in [2.05, 4.69) is 41.8 Å². The Hall–Kier alpha value is -2.63. The van der Waals surface area contributed by atoms with Crippen LogP contribution in [-0.4, -0.2) is 37.4 Å². The van der Waals surface area contributed by atoms with Gasteiger partial charge >= 0.3 is 0 Å². The standard InChI is InChI=1S/C19H25N5O/c1-12(2)18-20-8-9-24(18)14(4)19(25)23(5)11-17-21-15-7-6-13(3)10-16(15)22-17/h6-10,12,14H,11H2,1-5H3,(H,21,22)/t14-/m1/s1. The number of carbonyl (C=O) groups is 1. The minimum Gasteiger partial charge on any atom is -0.340 e. The van der Waals surface area contributed by atoms with Gasteiger partial charge < -0.3 is 14.5 Å². The smallest absolute Gasteiger partial charge is 0.245 e. The molecule has 132 valence electrons. The van der Waals surface area contributed by atoms with Gasteiger partial charge in [-0.05, 0) is 31.5 Å². The highest BCUT2D eigenvalue weighted by molar-refractivity contribution is 5.80. The largest absolute Gasteiger partial charge is 0.340 e. The van der Waals surface area contributed by atoms with Crippen molar-refractivity contribution in [1.82, 2.24) is 24.4 Å². The van der Waals surface area contributed by atoms with Crippen molar-refractivity contribution < 1.29 is 4.79 Å². The Morgan fingerprint density at radius 2 is 2.08 bits per heavy atom. The van der Waals surface area contributed by atoms with E-state index in [1.54, 1.807) is 11.1 Å². The number of H-pyrrole nitrogens is 1. The number of aryl methyl sites for hydroxylation is 1. The lowest BCUT2D eigenvalue weighted by molar-refractivity contribution is -0.133. The number of nitrogens with one attached hydrogen (secondary N) is 1. The summed E-state index contributed by atoms with van der Waals surface area (Å²) >= 11 is 0. The molecule has 25 heavy (non-hydrogen) atoms. The number of carbonyl (C=O) groups excluding carboxylic acids is 1. The molecule has 1 aromatic carbocycles. The van der Waals surface area contributed by atoms with Gasteiger partial charge in [-0.1, -0.05) is 19.9 Å². The van der Waals surface area contributed by atoms with Gasteiger partial charge in [0.1, 0.15) is 17.7 Å². The maximum Gasteiger partial charge on any atom is 0.245 e. The summed E-state index contributed by atoms with van der Waals surface area (Å²) < 4.78 is 1.95. The van der Waals surface area contributed by atoms with Gasteiger partial charge in [0, 0.05) is 25.4 Å². The molecule has 0 bridgehead atoms. The molecule has 3 rings (SSSR count). The summed E-state index contributed by atoms with van der Waals surface area (Å²) in [5, 5.41) is 0. The summed E-state index contributed by atoms with van der Waals surface area (Å²) in [6, 6.07) is 5.80. The zero-order chi connectivity index (χ0) is 18.1. The van der Waals surface area contributed by atoms with Crippen LogP contribution < -0.4 is 0 Å². The van der Waals surface area contributed by atoms with E-state index in [9.17, 15) is 4.79 Å². The number of hydrogen-bond acceptors (Lipinski definition) is 3. The Kier molecular flexibility index (Phi) is 4.61. The normalized spacial score (nSPS) is 12.7. The maximum absolute atomic E-state index is 12.8. The first-order valence-corrected chi connectivity index (χ1v) is 8.59. The molecule has 6 heteroatoms. The van der Waals surface area contributed by atoms with E-state index in [0.29, 0.717) is 6.54 Å². The van der Waals surface area contributed by atoms with Gasteiger partial charge in [-0.15, -0.1) is 0 Å². The molecule has 0 saturated carbocycles. The Morgan fingerprint density at radius 1 is 1.32 bits per heavy atom. The van der Waals surface area contributed by atoms with E-state index in [-0.39, 0.29) is 17.9 Å². The highest BCUT2D eigenvalue weighted by atomic mass is 16.2. The van der Waals surface area contributed by atoms with Crippen LogP contribution in [0, 0.1) is 6.92 Å². The zero-order valence-corrected chi connectivity index (χ0v) is 15.4. The third-order valence-electron chi connectivity index (χ3n) is 4.44. The first-order chi connectivity index (χ1) is 11.9. The van der Waals surface area contributed by atoms with E-state index in [1.807, 2.05) is 36.9 Å². The number of benzene rings is 1. The molecule has 1 atom stereocenters. The van der Waals surface area contributed by atoms with E-state index >= 15 is 0 Å². The second-order valence-corrected chi connectivity index (χ2v) is 6.92. The molecule has 2 heterocycles. The van der Waals surface area contributed by atoms with Crippen LogP contribution in [0.1, 0.15) is 49.9 Å². The summed E-state index contributed by atoms with van der Waals surface area (Å²) in [5.74, 6) is 2.03. The number of rotatable bonds is 5. The lowest BCUT2D eigenvalue weighted by Crippen LogP contribution is -2.33. The molecule has 0 aliphatic rings. The Morgan fingerprint density at radius 3 is 2.80 bits per heavy atom. The fourth-order valence-electron chi connectivity index (χ4n) is 3.09. The van der Waals surface area contributed by atoms with Crippen LogP contribution in [0.3, 0.4) is 0 Å². The van der Waals surface area contributed by atoms with Gasteiger partial charge in [-0.25, -0.2) is 9.97 Å². The van der Waals surface area contributed by atoms with Crippen molar-refractivity contribution in [3.8, 4) is 0 Å². The molecule has 0 spiro atoms. The van der Waals surface area contributed by atoms with Crippen LogP contribution >= 0.6 is 0 Å². The predicted octanol–water partition coefficient (Wildman–Crippen LogP) is 3.41. The summed E-state index contributed by atoms with van der Waals surface area (Å²) in [4.78, 5) is 26.8. The van der Waals surface area contributed by atoms with Gasteiger partial charge in [0.05, 0.1) is 17.6 Å².